The Bertz CT molecular complexity index is 657. The van der Waals surface area contributed by atoms with Gasteiger partial charge in [-0.15, -0.1) is 0 Å². The van der Waals surface area contributed by atoms with Crippen LogP contribution in [0.1, 0.15) is 30.5 Å². The van der Waals surface area contributed by atoms with Gasteiger partial charge in [0.2, 0.25) is 0 Å². The second-order valence-electron chi connectivity index (χ2n) is 5.45. The monoisotopic (exact) mass is 285 g/mol. The van der Waals surface area contributed by atoms with Gasteiger partial charge in [0.1, 0.15) is 0 Å². The number of hydrogen-bond donors (Lipinski definition) is 0. The highest BCUT2D eigenvalue weighted by Crippen LogP contribution is 2.40. The lowest BCUT2D eigenvalue weighted by Gasteiger charge is -2.21. The van der Waals surface area contributed by atoms with Crippen LogP contribution in [0.3, 0.4) is 0 Å². The van der Waals surface area contributed by atoms with Crippen molar-refractivity contribution in [3.8, 4) is 11.1 Å². The number of nitrogens with zero attached hydrogens (tertiary/aromatic N) is 1. The quantitative estimate of drug-likeness (QED) is 0.650. The minimum atomic E-state index is 0.875. The highest BCUT2D eigenvalue weighted by atomic mass is 35.5. The maximum Gasteiger partial charge on any atom is 0.0438 e. The van der Waals surface area contributed by atoms with Gasteiger partial charge in [-0.1, -0.05) is 17.7 Å². The van der Waals surface area contributed by atoms with E-state index in [9.17, 15) is 0 Å². The molecular weight excluding hydrogens is 266 g/mol. The topological polar surface area (TPSA) is 3.24 Å². The summed E-state index contributed by atoms with van der Waals surface area (Å²) in [6.45, 7) is 8.57. The van der Waals surface area contributed by atoms with Crippen LogP contribution in [-0.2, 0) is 6.42 Å². The molecule has 1 nitrogen and oxygen atoms in total. The molecule has 0 unspecified atom stereocenters. The van der Waals surface area contributed by atoms with Crippen molar-refractivity contribution < 1.29 is 0 Å². The van der Waals surface area contributed by atoms with Crippen molar-refractivity contribution >= 4 is 17.3 Å². The molecule has 1 aliphatic carbocycles. The van der Waals surface area contributed by atoms with Gasteiger partial charge in [-0.25, -0.2) is 0 Å². The number of benzene rings is 2. The molecule has 3 rings (SSSR count). The highest BCUT2D eigenvalue weighted by molar-refractivity contribution is 6.31. The normalized spacial score (nSPS) is 12.2. The zero-order chi connectivity index (χ0) is 14.3. The molecule has 2 aromatic carbocycles. The molecule has 0 atom stereocenters. The molecular formula is C18H20ClN. The third kappa shape index (κ3) is 2.10. The number of anilines is 1. The first kappa shape index (κ1) is 13.5. The zero-order valence-corrected chi connectivity index (χ0v) is 13.1. The van der Waals surface area contributed by atoms with E-state index in [1.165, 1.54) is 27.9 Å². The van der Waals surface area contributed by atoms with Crippen LogP contribution in [0.2, 0.25) is 5.02 Å². The van der Waals surface area contributed by atoms with Crippen LogP contribution in [0, 0.1) is 6.92 Å². The first-order valence-corrected chi connectivity index (χ1v) is 7.69. The highest BCUT2D eigenvalue weighted by Gasteiger charge is 2.20. The van der Waals surface area contributed by atoms with Crippen LogP contribution >= 0.6 is 11.6 Å². The van der Waals surface area contributed by atoms with E-state index in [0.29, 0.717) is 0 Å². The smallest absolute Gasteiger partial charge is 0.0438 e. The molecule has 1 aliphatic rings. The second-order valence-corrected chi connectivity index (χ2v) is 5.86. The summed E-state index contributed by atoms with van der Waals surface area (Å²) in [5, 5.41) is 0.875. The Morgan fingerprint density at radius 3 is 2.40 bits per heavy atom. The van der Waals surface area contributed by atoms with Crippen molar-refractivity contribution in [3.05, 3.63) is 52.0 Å². The lowest BCUT2D eigenvalue weighted by Crippen LogP contribution is -2.21. The average molecular weight is 286 g/mol. The maximum absolute atomic E-state index is 6.25. The van der Waals surface area contributed by atoms with Crippen LogP contribution in [0.4, 0.5) is 5.69 Å². The van der Waals surface area contributed by atoms with E-state index in [1.807, 2.05) is 0 Å². The van der Waals surface area contributed by atoms with Crippen LogP contribution in [0.25, 0.3) is 11.1 Å². The van der Waals surface area contributed by atoms with E-state index < -0.39 is 0 Å². The van der Waals surface area contributed by atoms with Gasteiger partial charge < -0.3 is 4.90 Å². The Morgan fingerprint density at radius 1 is 1.00 bits per heavy atom. The molecule has 0 saturated carbocycles. The Hall–Kier alpha value is -1.47. The van der Waals surface area contributed by atoms with Crippen molar-refractivity contribution in [2.24, 2.45) is 0 Å². The van der Waals surface area contributed by atoms with Gasteiger partial charge >= 0.3 is 0 Å². The fourth-order valence-corrected chi connectivity index (χ4v) is 3.27. The van der Waals surface area contributed by atoms with Gasteiger partial charge in [-0.2, -0.15) is 0 Å². The molecule has 2 heteroatoms. The SMILES string of the molecule is CCN(CC)c1ccc2c(c1)-c1cc(C)c(Cl)cc1C2. The maximum atomic E-state index is 6.25. The lowest BCUT2D eigenvalue weighted by atomic mass is 10.0. The summed E-state index contributed by atoms with van der Waals surface area (Å²) in [4.78, 5) is 2.39. The third-order valence-electron chi connectivity index (χ3n) is 4.28. The number of rotatable bonds is 3. The summed E-state index contributed by atoms with van der Waals surface area (Å²) in [5.74, 6) is 0. The van der Waals surface area contributed by atoms with E-state index in [2.05, 4.69) is 56.0 Å². The standard InChI is InChI=1S/C18H20ClN/c1-4-20(5-2)15-7-6-13-9-14-10-18(19)12(3)8-16(14)17(13)11-15/h6-8,10-11H,4-5,9H2,1-3H3. The molecule has 0 bridgehead atoms. The van der Waals surface area contributed by atoms with Crippen LogP contribution < -0.4 is 4.90 Å². The van der Waals surface area contributed by atoms with E-state index >= 15 is 0 Å². The fourth-order valence-electron chi connectivity index (χ4n) is 3.08. The van der Waals surface area contributed by atoms with Crippen LogP contribution in [0.15, 0.2) is 30.3 Å². The summed E-state index contributed by atoms with van der Waals surface area (Å²) < 4.78 is 0. The molecule has 0 saturated heterocycles. The Balaban J connectivity index is 2.10. The van der Waals surface area contributed by atoms with Crippen LogP contribution in [0.5, 0.6) is 0 Å². The summed E-state index contributed by atoms with van der Waals surface area (Å²) in [5.41, 5.74) is 7.98. The minimum Gasteiger partial charge on any atom is -0.372 e. The van der Waals surface area contributed by atoms with Crippen molar-refractivity contribution in [1.29, 1.82) is 0 Å². The number of fused-ring (bicyclic) bond motifs is 3. The minimum absolute atomic E-state index is 0.875. The number of halogens is 1. The first-order chi connectivity index (χ1) is 9.63. The molecule has 104 valence electrons. The van der Waals surface area contributed by atoms with Gasteiger partial charge in [-0.05, 0) is 79.3 Å². The van der Waals surface area contributed by atoms with Crippen molar-refractivity contribution in [1.82, 2.24) is 0 Å². The van der Waals surface area contributed by atoms with Gasteiger partial charge in [-0.3, -0.25) is 0 Å². The molecule has 0 aliphatic heterocycles. The van der Waals surface area contributed by atoms with Gasteiger partial charge in [0.25, 0.3) is 0 Å². The number of hydrogen-bond acceptors (Lipinski definition) is 1. The van der Waals surface area contributed by atoms with Gasteiger partial charge in [0.15, 0.2) is 0 Å². The molecule has 0 fully saturated rings. The molecule has 0 N–H and O–H groups in total. The van der Waals surface area contributed by atoms with Crippen molar-refractivity contribution in [2.45, 2.75) is 27.2 Å². The largest absolute Gasteiger partial charge is 0.372 e. The molecule has 0 spiro atoms. The Kier molecular flexibility index (Phi) is 3.47. The van der Waals surface area contributed by atoms with Gasteiger partial charge in [0.05, 0.1) is 0 Å². The van der Waals surface area contributed by atoms with Crippen molar-refractivity contribution in [2.75, 3.05) is 18.0 Å². The predicted octanol–water partition coefficient (Wildman–Crippen LogP) is 5.07. The summed E-state index contributed by atoms with van der Waals surface area (Å²) in [7, 11) is 0. The van der Waals surface area contributed by atoms with E-state index in [4.69, 9.17) is 11.6 Å². The van der Waals surface area contributed by atoms with E-state index in [1.54, 1.807) is 0 Å². The number of aryl methyl sites for hydroxylation is 1. The zero-order valence-electron chi connectivity index (χ0n) is 12.3. The Morgan fingerprint density at radius 2 is 1.70 bits per heavy atom. The molecule has 0 heterocycles. The third-order valence-corrected chi connectivity index (χ3v) is 4.68. The first-order valence-electron chi connectivity index (χ1n) is 7.31. The van der Waals surface area contributed by atoms with Gasteiger partial charge in [0, 0.05) is 23.8 Å². The van der Waals surface area contributed by atoms with Crippen molar-refractivity contribution in [3.63, 3.8) is 0 Å². The summed E-state index contributed by atoms with van der Waals surface area (Å²) in [6.07, 6.45) is 1.00. The average Bonchev–Trinajstić information content (AvgIpc) is 2.78. The van der Waals surface area contributed by atoms with E-state index in [-0.39, 0.29) is 0 Å². The summed E-state index contributed by atoms with van der Waals surface area (Å²) >= 11 is 6.25. The molecule has 0 radical (unpaired) electrons. The lowest BCUT2D eigenvalue weighted by molar-refractivity contribution is 0.866. The summed E-state index contributed by atoms with van der Waals surface area (Å²) in [6, 6.07) is 11.2. The molecule has 0 aromatic heterocycles. The second kappa shape index (κ2) is 5.14. The fraction of sp³-hybridized carbons (Fsp3) is 0.333. The predicted molar refractivity (Wildman–Crippen MR) is 88.0 cm³/mol. The molecule has 0 amide bonds. The van der Waals surface area contributed by atoms with Crippen LogP contribution in [-0.4, -0.2) is 13.1 Å². The Labute approximate surface area is 126 Å². The molecule has 2 aromatic rings. The molecule has 20 heavy (non-hydrogen) atoms. The van der Waals surface area contributed by atoms with E-state index in [0.717, 1.165) is 30.1 Å².